The molecule has 0 fully saturated rings. The lowest BCUT2D eigenvalue weighted by Crippen LogP contribution is -2.21. The summed E-state index contributed by atoms with van der Waals surface area (Å²) in [5, 5.41) is 11.9. The van der Waals surface area contributed by atoms with E-state index in [-0.39, 0.29) is 0 Å². The molecule has 2 rings (SSSR count). The highest BCUT2D eigenvalue weighted by Gasteiger charge is 2.13. The number of rotatable bonds is 4. The van der Waals surface area contributed by atoms with Crippen molar-refractivity contribution in [2.75, 3.05) is 7.05 Å². The second-order valence-corrected chi connectivity index (χ2v) is 5.20. The van der Waals surface area contributed by atoms with Crippen molar-refractivity contribution in [1.82, 2.24) is 9.88 Å². The molecule has 3 nitrogen and oxygen atoms in total. The van der Waals surface area contributed by atoms with Crippen LogP contribution in [0, 0.1) is 11.3 Å². The number of hydrogen-bond donors (Lipinski definition) is 0. The Bertz CT molecular complexity index is 525. The molecule has 0 aliphatic rings. The Balaban J connectivity index is 2.02. The van der Waals surface area contributed by atoms with Crippen LogP contribution < -0.4 is 0 Å². The fraction of sp³-hybridized carbons (Fsp3) is 0.286. The summed E-state index contributed by atoms with van der Waals surface area (Å²) in [6, 6.07) is 10.2. The molecule has 1 aromatic carbocycles. The van der Waals surface area contributed by atoms with Crippen molar-refractivity contribution in [2.24, 2.45) is 0 Å². The van der Waals surface area contributed by atoms with Crippen LogP contribution in [0.15, 0.2) is 35.8 Å². The molecule has 1 aromatic heterocycles. The predicted molar refractivity (Wildman–Crippen MR) is 73.2 cm³/mol. The maximum Gasteiger partial charge on any atom is 0.109 e. The molecule has 4 heteroatoms. The summed E-state index contributed by atoms with van der Waals surface area (Å²) >= 11 is 1.68. The van der Waals surface area contributed by atoms with Crippen LogP contribution in [0.25, 0.3) is 0 Å². The number of thiazole rings is 1. The molecule has 0 aliphatic heterocycles. The third-order valence-corrected chi connectivity index (χ3v) is 3.93. The van der Waals surface area contributed by atoms with E-state index < -0.39 is 0 Å². The predicted octanol–water partition coefficient (Wildman–Crippen LogP) is 3.21. The minimum atomic E-state index is 0.306. The van der Waals surface area contributed by atoms with Crippen molar-refractivity contribution < 1.29 is 0 Å². The highest BCUT2D eigenvalue weighted by Crippen LogP contribution is 2.22. The van der Waals surface area contributed by atoms with E-state index in [1.54, 1.807) is 11.3 Å². The van der Waals surface area contributed by atoms with E-state index in [1.807, 2.05) is 35.8 Å². The second-order valence-electron chi connectivity index (χ2n) is 4.27. The Hall–Kier alpha value is -1.70. The van der Waals surface area contributed by atoms with E-state index >= 15 is 0 Å². The molecule has 0 spiro atoms. The van der Waals surface area contributed by atoms with Gasteiger partial charge in [-0.3, -0.25) is 4.90 Å². The molecule has 0 saturated heterocycles. The van der Waals surface area contributed by atoms with Gasteiger partial charge in [0.1, 0.15) is 5.01 Å². The molecule has 18 heavy (non-hydrogen) atoms. The zero-order valence-electron chi connectivity index (χ0n) is 10.5. The highest BCUT2D eigenvalue weighted by molar-refractivity contribution is 7.09. The molecule has 0 saturated carbocycles. The fourth-order valence-electron chi connectivity index (χ4n) is 1.74. The SMILES string of the molecule is C[C@@H](c1nccs1)N(C)Cc1ccc(C#N)cc1. The first-order valence-electron chi connectivity index (χ1n) is 5.79. The molecule has 0 aliphatic carbocycles. The van der Waals surface area contributed by atoms with E-state index in [9.17, 15) is 0 Å². The van der Waals surface area contributed by atoms with Crippen LogP contribution in [0.1, 0.15) is 29.1 Å². The van der Waals surface area contributed by atoms with Gasteiger partial charge in [-0.15, -0.1) is 11.3 Å². The van der Waals surface area contributed by atoms with Crippen LogP contribution in [0.2, 0.25) is 0 Å². The highest BCUT2D eigenvalue weighted by atomic mass is 32.1. The quantitative estimate of drug-likeness (QED) is 0.844. The first-order chi connectivity index (χ1) is 8.70. The third kappa shape index (κ3) is 2.95. The van der Waals surface area contributed by atoms with Crippen LogP contribution in [0.3, 0.4) is 0 Å². The number of hydrogen-bond acceptors (Lipinski definition) is 4. The standard InChI is InChI=1S/C14H15N3S/c1-11(14-16-7-8-18-14)17(2)10-13-5-3-12(9-15)4-6-13/h3-8,11H,10H2,1-2H3/t11-/m0/s1. The van der Waals surface area contributed by atoms with E-state index in [4.69, 9.17) is 5.26 Å². The van der Waals surface area contributed by atoms with Gasteiger partial charge in [-0.25, -0.2) is 4.98 Å². The smallest absolute Gasteiger partial charge is 0.109 e. The Labute approximate surface area is 111 Å². The lowest BCUT2D eigenvalue weighted by atomic mass is 10.1. The first-order valence-corrected chi connectivity index (χ1v) is 6.67. The molecule has 1 atom stereocenters. The topological polar surface area (TPSA) is 39.9 Å². The van der Waals surface area contributed by atoms with E-state index in [1.165, 1.54) is 5.56 Å². The molecular weight excluding hydrogens is 242 g/mol. The molecule has 1 heterocycles. The second kappa shape index (κ2) is 5.76. The van der Waals surface area contributed by atoms with Gasteiger partial charge >= 0.3 is 0 Å². The first kappa shape index (κ1) is 12.7. The van der Waals surface area contributed by atoms with Crippen molar-refractivity contribution in [3.8, 4) is 6.07 Å². The summed E-state index contributed by atoms with van der Waals surface area (Å²) in [4.78, 5) is 6.59. The van der Waals surface area contributed by atoms with Crippen LogP contribution in [-0.4, -0.2) is 16.9 Å². The van der Waals surface area contributed by atoms with Crippen LogP contribution >= 0.6 is 11.3 Å². The molecule has 2 aromatic rings. The van der Waals surface area contributed by atoms with Gasteiger partial charge in [-0.1, -0.05) is 12.1 Å². The molecule has 0 unspecified atom stereocenters. The van der Waals surface area contributed by atoms with Crippen LogP contribution in [-0.2, 0) is 6.54 Å². The molecule has 92 valence electrons. The van der Waals surface area contributed by atoms with Crippen molar-refractivity contribution in [3.05, 3.63) is 52.0 Å². The zero-order valence-corrected chi connectivity index (χ0v) is 11.3. The summed E-state index contributed by atoms with van der Waals surface area (Å²) < 4.78 is 0. The van der Waals surface area contributed by atoms with Crippen molar-refractivity contribution in [2.45, 2.75) is 19.5 Å². The normalized spacial score (nSPS) is 12.3. The monoisotopic (exact) mass is 257 g/mol. The van der Waals surface area contributed by atoms with Crippen LogP contribution in [0.4, 0.5) is 0 Å². The van der Waals surface area contributed by atoms with Crippen molar-refractivity contribution in [1.29, 1.82) is 5.26 Å². The maximum atomic E-state index is 8.76. The minimum Gasteiger partial charge on any atom is -0.293 e. The molecule has 0 N–H and O–H groups in total. The molecule has 0 amide bonds. The Morgan fingerprint density at radius 1 is 1.39 bits per heavy atom. The molecular formula is C14H15N3S. The average Bonchev–Trinajstić information content (AvgIpc) is 2.92. The summed E-state index contributed by atoms with van der Waals surface area (Å²) in [6.07, 6.45) is 1.84. The summed E-state index contributed by atoms with van der Waals surface area (Å²) in [5.74, 6) is 0. The van der Waals surface area contributed by atoms with Gasteiger partial charge in [-0.2, -0.15) is 5.26 Å². The third-order valence-electron chi connectivity index (χ3n) is 2.98. The number of aromatic nitrogens is 1. The van der Waals surface area contributed by atoms with Gasteiger partial charge < -0.3 is 0 Å². The summed E-state index contributed by atoms with van der Waals surface area (Å²) in [5.41, 5.74) is 1.91. The maximum absolute atomic E-state index is 8.76. The Kier molecular flexibility index (Phi) is 4.08. The van der Waals surface area contributed by atoms with Crippen molar-refractivity contribution >= 4 is 11.3 Å². The van der Waals surface area contributed by atoms with Gasteiger partial charge in [0.2, 0.25) is 0 Å². The fourth-order valence-corrected chi connectivity index (χ4v) is 2.50. The van der Waals surface area contributed by atoms with Gasteiger partial charge in [0.15, 0.2) is 0 Å². The van der Waals surface area contributed by atoms with Gasteiger partial charge in [0, 0.05) is 18.1 Å². The van der Waals surface area contributed by atoms with Gasteiger partial charge in [0.05, 0.1) is 17.7 Å². The van der Waals surface area contributed by atoms with Gasteiger partial charge in [-0.05, 0) is 31.7 Å². The molecule has 0 radical (unpaired) electrons. The van der Waals surface area contributed by atoms with Gasteiger partial charge in [0.25, 0.3) is 0 Å². The summed E-state index contributed by atoms with van der Waals surface area (Å²) in [6.45, 7) is 3.01. The zero-order chi connectivity index (χ0) is 13.0. The lowest BCUT2D eigenvalue weighted by molar-refractivity contribution is 0.252. The lowest BCUT2D eigenvalue weighted by Gasteiger charge is -2.22. The number of benzene rings is 1. The van der Waals surface area contributed by atoms with E-state index in [0.717, 1.165) is 11.6 Å². The minimum absolute atomic E-state index is 0.306. The van der Waals surface area contributed by atoms with Crippen molar-refractivity contribution in [3.63, 3.8) is 0 Å². The number of nitrogens with zero attached hydrogens (tertiary/aromatic N) is 3. The Morgan fingerprint density at radius 2 is 2.11 bits per heavy atom. The summed E-state index contributed by atoms with van der Waals surface area (Å²) in [7, 11) is 2.09. The Morgan fingerprint density at radius 3 is 2.67 bits per heavy atom. The molecule has 0 bridgehead atoms. The van der Waals surface area contributed by atoms with Crippen LogP contribution in [0.5, 0.6) is 0 Å². The average molecular weight is 257 g/mol. The van der Waals surface area contributed by atoms with E-state index in [2.05, 4.69) is 29.9 Å². The largest absolute Gasteiger partial charge is 0.293 e. The number of nitriles is 1. The van der Waals surface area contributed by atoms with E-state index in [0.29, 0.717) is 11.6 Å².